The number of halogens is 2. The molecule has 0 spiro atoms. The maximum atomic E-state index is 10.6. The van der Waals surface area contributed by atoms with Crippen LogP contribution in [0.1, 0.15) is 37.9 Å². The molecular weight excluding hydrogens is 373 g/mol. The molecule has 2 heterocycles. The number of aliphatic hydroxyl groups is 1. The van der Waals surface area contributed by atoms with Crippen molar-refractivity contribution < 1.29 is 9.84 Å². The first-order chi connectivity index (χ1) is 12.5. The van der Waals surface area contributed by atoms with E-state index in [0.717, 1.165) is 37.9 Å². The number of nitrogens with zero attached hydrogens (tertiary/aromatic N) is 3. The fourth-order valence-corrected chi connectivity index (χ4v) is 4.98. The van der Waals surface area contributed by atoms with Crippen LogP contribution in [-0.2, 0) is 5.41 Å². The minimum absolute atomic E-state index is 0.102. The van der Waals surface area contributed by atoms with Crippen LogP contribution in [0, 0.1) is 0 Å². The maximum Gasteiger partial charge on any atom is 0.203 e. The second-order valence-electron chi connectivity index (χ2n) is 7.42. The summed E-state index contributed by atoms with van der Waals surface area (Å²) in [6.45, 7) is 0. The Morgan fingerprint density at radius 2 is 1.73 bits per heavy atom. The molecule has 0 radical (unpaired) electrons. The SMILES string of the molecule is OC12CCC(c3nnc4c(Oc5c(Cl)cccc5Cl)cccn34)(CC1)C2. The summed E-state index contributed by atoms with van der Waals surface area (Å²) in [5, 5.41) is 20.3. The summed E-state index contributed by atoms with van der Waals surface area (Å²) in [5.74, 6) is 1.85. The zero-order chi connectivity index (χ0) is 17.9. The van der Waals surface area contributed by atoms with Gasteiger partial charge in [0.15, 0.2) is 11.5 Å². The van der Waals surface area contributed by atoms with Crippen LogP contribution < -0.4 is 4.74 Å². The second kappa shape index (κ2) is 5.59. The summed E-state index contributed by atoms with van der Waals surface area (Å²) >= 11 is 12.4. The monoisotopic (exact) mass is 389 g/mol. The van der Waals surface area contributed by atoms with Gasteiger partial charge in [-0.2, -0.15) is 0 Å². The molecule has 1 N–H and O–H groups in total. The molecule has 0 amide bonds. The molecule has 1 aromatic carbocycles. The fourth-order valence-electron chi connectivity index (χ4n) is 4.50. The standard InChI is InChI=1S/C19H17Cl2N3O2/c20-12-3-1-4-13(21)15(12)26-14-5-2-10-24-16(14)22-23-17(24)18-6-8-19(25,11-18)9-7-18/h1-5,10,25H,6-9,11H2. The lowest BCUT2D eigenvalue weighted by Gasteiger charge is -2.24. The smallest absolute Gasteiger partial charge is 0.203 e. The first-order valence-corrected chi connectivity index (χ1v) is 9.44. The molecule has 2 aromatic heterocycles. The van der Waals surface area contributed by atoms with Crippen LogP contribution in [0.25, 0.3) is 5.65 Å². The van der Waals surface area contributed by atoms with E-state index in [9.17, 15) is 5.11 Å². The molecule has 134 valence electrons. The molecule has 2 fully saturated rings. The highest BCUT2D eigenvalue weighted by molar-refractivity contribution is 6.37. The second-order valence-corrected chi connectivity index (χ2v) is 8.24. The molecule has 2 aliphatic rings. The number of ether oxygens (including phenoxy) is 1. The molecule has 0 aliphatic heterocycles. The third kappa shape index (κ3) is 2.34. The van der Waals surface area contributed by atoms with Gasteiger partial charge in [-0.25, -0.2) is 0 Å². The quantitative estimate of drug-likeness (QED) is 0.700. The Bertz CT molecular complexity index is 989. The summed E-state index contributed by atoms with van der Waals surface area (Å²) in [7, 11) is 0. The number of aromatic nitrogens is 3. The lowest BCUT2D eigenvalue weighted by atomic mass is 9.83. The van der Waals surface area contributed by atoms with E-state index >= 15 is 0 Å². The Balaban J connectivity index is 1.59. The molecule has 2 saturated carbocycles. The first-order valence-electron chi connectivity index (χ1n) is 8.68. The van der Waals surface area contributed by atoms with E-state index < -0.39 is 5.60 Å². The van der Waals surface area contributed by atoms with Crippen molar-refractivity contribution in [3.05, 3.63) is 52.4 Å². The van der Waals surface area contributed by atoms with Gasteiger partial charge in [0.25, 0.3) is 0 Å². The van der Waals surface area contributed by atoms with Crippen LogP contribution in [0.15, 0.2) is 36.5 Å². The van der Waals surface area contributed by atoms with Crippen molar-refractivity contribution in [1.82, 2.24) is 14.6 Å². The lowest BCUT2D eigenvalue weighted by Crippen LogP contribution is -2.23. The van der Waals surface area contributed by atoms with Gasteiger partial charge in [-0.1, -0.05) is 29.3 Å². The molecular formula is C19H17Cl2N3O2. The highest BCUT2D eigenvalue weighted by Crippen LogP contribution is 2.57. The van der Waals surface area contributed by atoms with Crippen LogP contribution in [0.3, 0.4) is 0 Å². The molecule has 3 aromatic rings. The van der Waals surface area contributed by atoms with Crippen LogP contribution >= 0.6 is 23.2 Å². The third-order valence-electron chi connectivity index (χ3n) is 5.81. The van der Waals surface area contributed by atoms with Crippen molar-refractivity contribution in [2.45, 2.75) is 43.1 Å². The minimum Gasteiger partial charge on any atom is -0.450 e. The Morgan fingerprint density at radius 3 is 2.38 bits per heavy atom. The van der Waals surface area contributed by atoms with Crippen LogP contribution in [0.4, 0.5) is 0 Å². The van der Waals surface area contributed by atoms with Gasteiger partial charge in [0, 0.05) is 11.6 Å². The molecule has 0 unspecified atom stereocenters. The van der Waals surface area contributed by atoms with Gasteiger partial charge < -0.3 is 9.84 Å². The van der Waals surface area contributed by atoms with Crippen molar-refractivity contribution in [3.8, 4) is 11.5 Å². The summed E-state index contributed by atoms with van der Waals surface area (Å²) in [6, 6.07) is 8.95. The number of fused-ring (bicyclic) bond motifs is 3. The van der Waals surface area contributed by atoms with Crippen LogP contribution in [-0.4, -0.2) is 25.3 Å². The topological polar surface area (TPSA) is 59.7 Å². The number of benzene rings is 1. The summed E-state index contributed by atoms with van der Waals surface area (Å²) in [4.78, 5) is 0. The average molecular weight is 390 g/mol. The van der Waals surface area contributed by atoms with Gasteiger partial charge in [0.05, 0.1) is 15.6 Å². The third-order valence-corrected chi connectivity index (χ3v) is 6.40. The molecule has 2 bridgehead atoms. The van der Waals surface area contributed by atoms with Gasteiger partial charge in [-0.05, 0) is 56.4 Å². The average Bonchev–Trinajstić information content (AvgIpc) is 3.29. The molecule has 2 aliphatic carbocycles. The van der Waals surface area contributed by atoms with Crippen LogP contribution in [0.2, 0.25) is 10.0 Å². The summed E-state index contributed by atoms with van der Waals surface area (Å²) in [6.07, 6.45) is 6.22. The van der Waals surface area contributed by atoms with Crippen molar-refractivity contribution in [2.24, 2.45) is 0 Å². The van der Waals surface area contributed by atoms with Crippen molar-refractivity contribution in [3.63, 3.8) is 0 Å². The van der Waals surface area contributed by atoms with E-state index in [1.54, 1.807) is 18.2 Å². The largest absolute Gasteiger partial charge is 0.450 e. The zero-order valence-corrected chi connectivity index (χ0v) is 15.5. The van der Waals surface area contributed by atoms with E-state index in [0.29, 0.717) is 27.2 Å². The highest BCUT2D eigenvalue weighted by Gasteiger charge is 2.56. The molecule has 7 heteroatoms. The van der Waals surface area contributed by atoms with Gasteiger partial charge >= 0.3 is 0 Å². The molecule has 0 atom stereocenters. The molecule has 26 heavy (non-hydrogen) atoms. The summed E-state index contributed by atoms with van der Waals surface area (Å²) in [5.41, 5.74) is -0.0185. The van der Waals surface area contributed by atoms with Crippen molar-refractivity contribution in [2.75, 3.05) is 0 Å². The predicted octanol–water partition coefficient (Wildman–Crippen LogP) is 4.78. The molecule has 5 nitrogen and oxygen atoms in total. The maximum absolute atomic E-state index is 10.6. The molecule has 0 saturated heterocycles. The molecule has 5 rings (SSSR count). The number of hydrogen-bond donors (Lipinski definition) is 1. The normalized spacial score (nSPS) is 27.3. The van der Waals surface area contributed by atoms with E-state index in [4.69, 9.17) is 27.9 Å². The van der Waals surface area contributed by atoms with Gasteiger partial charge in [0.2, 0.25) is 5.65 Å². The minimum atomic E-state index is -0.537. The summed E-state index contributed by atoms with van der Waals surface area (Å²) < 4.78 is 7.96. The Kier molecular flexibility index (Phi) is 3.52. The highest BCUT2D eigenvalue weighted by atomic mass is 35.5. The van der Waals surface area contributed by atoms with E-state index in [1.807, 2.05) is 22.7 Å². The van der Waals surface area contributed by atoms with E-state index in [2.05, 4.69) is 10.2 Å². The van der Waals surface area contributed by atoms with Gasteiger partial charge in [0.1, 0.15) is 5.82 Å². The number of hydrogen-bond acceptors (Lipinski definition) is 4. The Hall–Kier alpha value is -1.82. The van der Waals surface area contributed by atoms with Gasteiger partial charge in [-0.3, -0.25) is 4.40 Å². The number of para-hydroxylation sites is 1. The lowest BCUT2D eigenvalue weighted by molar-refractivity contribution is 0.0521. The predicted molar refractivity (Wildman–Crippen MR) is 99.2 cm³/mol. The number of rotatable bonds is 3. The zero-order valence-electron chi connectivity index (χ0n) is 14.0. The van der Waals surface area contributed by atoms with Gasteiger partial charge in [-0.15, -0.1) is 10.2 Å². The van der Waals surface area contributed by atoms with E-state index in [-0.39, 0.29) is 5.41 Å². The van der Waals surface area contributed by atoms with Crippen molar-refractivity contribution >= 4 is 28.8 Å². The van der Waals surface area contributed by atoms with E-state index in [1.165, 1.54) is 0 Å². The Labute approximate surface area is 160 Å². The first kappa shape index (κ1) is 16.4. The van der Waals surface area contributed by atoms with Crippen molar-refractivity contribution in [1.29, 1.82) is 0 Å². The Morgan fingerprint density at radius 1 is 1.00 bits per heavy atom. The van der Waals surface area contributed by atoms with Crippen LogP contribution in [0.5, 0.6) is 11.5 Å². The number of pyridine rings is 1. The fraction of sp³-hybridized carbons (Fsp3) is 0.368.